The number of benzene rings is 9. The highest BCUT2D eigenvalue weighted by Crippen LogP contribution is 2.38. The third-order valence-electron chi connectivity index (χ3n) is 11.7. The van der Waals surface area contributed by atoms with Gasteiger partial charge in [-0.15, -0.1) is 0 Å². The first-order chi connectivity index (χ1) is 31.3. The van der Waals surface area contributed by atoms with Crippen molar-refractivity contribution in [1.29, 1.82) is 0 Å². The second-order valence-corrected chi connectivity index (χ2v) is 16.7. The minimum Gasteiger partial charge on any atom is -0.310 e. The quantitative estimate of drug-likeness (QED) is 0.113. The summed E-state index contributed by atoms with van der Waals surface area (Å²) in [5.41, 5.74) is 21.2. The average molecular weight is 825 g/mol. The molecule has 0 aliphatic carbocycles. The minimum atomic E-state index is 1.11. The molecule has 0 heterocycles. The van der Waals surface area contributed by atoms with Gasteiger partial charge in [0.25, 0.3) is 0 Å². The maximum Gasteiger partial charge on any atom is 0.0464 e. The van der Waals surface area contributed by atoms with Crippen LogP contribution < -0.4 is 9.80 Å². The van der Waals surface area contributed by atoms with Gasteiger partial charge in [-0.05, 0) is 156 Å². The lowest BCUT2D eigenvalue weighted by Gasteiger charge is -2.26. The van der Waals surface area contributed by atoms with Crippen LogP contribution in [0.4, 0.5) is 34.1 Å². The molecule has 9 aromatic rings. The fourth-order valence-electron chi connectivity index (χ4n) is 8.34. The summed E-state index contributed by atoms with van der Waals surface area (Å²) in [4.78, 5) is 4.66. The van der Waals surface area contributed by atoms with E-state index in [1.807, 2.05) is 0 Å². The van der Waals surface area contributed by atoms with Crippen molar-refractivity contribution < 1.29 is 0 Å². The van der Waals surface area contributed by atoms with Gasteiger partial charge in [0, 0.05) is 34.1 Å². The SMILES string of the molecule is Cc1cccc(-c2ccc(N(c3ccc(C=Cc4ccccc4C=Cc4ccc(N(c5ccc(-c6cccc(C)c6)cc5)c5cccc(C)c5)cc4)cc3)c3cccc(C)c3)cc2)c1. The van der Waals surface area contributed by atoms with Gasteiger partial charge in [0.15, 0.2) is 0 Å². The van der Waals surface area contributed by atoms with E-state index in [0.29, 0.717) is 0 Å². The number of hydrogen-bond donors (Lipinski definition) is 0. The predicted molar refractivity (Wildman–Crippen MR) is 276 cm³/mol. The molecule has 2 nitrogen and oxygen atoms in total. The fourth-order valence-corrected chi connectivity index (χ4v) is 8.34. The lowest BCUT2D eigenvalue weighted by molar-refractivity contribution is 1.27. The van der Waals surface area contributed by atoms with Crippen LogP contribution >= 0.6 is 0 Å². The standard InChI is InChI=1S/C62H52N2/c1-45-11-7-17-55(41-45)53-29-37-59(38-30-53)63(61-19-9-13-47(3)43-61)57-33-23-49(24-34-57)21-27-51-15-5-6-16-52(51)28-22-50-25-35-58(36-26-50)64(62-20-10-14-48(4)44-62)60-39-31-54(32-40-60)56-18-8-12-46(2)42-56/h5-44H,1-4H3. The summed E-state index contributed by atoms with van der Waals surface area (Å²) in [6.45, 7) is 8.57. The number of rotatable bonds is 12. The Kier molecular flexibility index (Phi) is 12.3. The van der Waals surface area contributed by atoms with Crippen LogP contribution in [0, 0.1) is 27.7 Å². The van der Waals surface area contributed by atoms with E-state index in [0.717, 1.165) is 56.4 Å². The molecule has 0 spiro atoms. The molecule has 0 aromatic heterocycles. The number of anilines is 6. The van der Waals surface area contributed by atoms with Gasteiger partial charge in [-0.3, -0.25) is 0 Å². The van der Waals surface area contributed by atoms with Crippen molar-refractivity contribution in [2.24, 2.45) is 0 Å². The summed E-state index contributed by atoms with van der Waals surface area (Å²) in [6.07, 6.45) is 8.83. The number of nitrogens with zero attached hydrogens (tertiary/aromatic N) is 2. The molecule has 0 bridgehead atoms. The average Bonchev–Trinajstić information content (AvgIpc) is 3.32. The largest absolute Gasteiger partial charge is 0.310 e. The first kappa shape index (κ1) is 41.4. The number of aryl methyl sites for hydroxylation is 4. The van der Waals surface area contributed by atoms with Crippen LogP contribution in [0.15, 0.2) is 218 Å². The van der Waals surface area contributed by atoms with Crippen molar-refractivity contribution in [2.45, 2.75) is 27.7 Å². The Labute approximate surface area is 379 Å². The van der Waals surface area contributed by atoms with Gasteiger partial charge in [-0.25, -0.2) is 0 Å². The molecule has 0 unspecified atom stereocenters. The van der Waals surface area contributed by atoms with E-state index in [9.17, 15) is 0 Å². The van der Waals surface area contributed by atoms with Crippen LogP contribution in [-0.4, -0.2) is 0 Å². The molecule has 0 saturated carbocycles. The zero-order valence-corrected chi connectivity index (χ0v) is 37.0. The van der Waals surface area contributed by atoms with Crippen LogP contribution in [0.25, 0.3) is 46.6 Å². The van der Waals surface area contributed by atoms with Crippen molar-refractivity contribution in [3.63, 3.8) is 0 Å². The monoisotopic (exact) mass is 824 g/mol. The van der Waals surface area contributed by atoms with E-state index in [1.54, 1.807) is 0 Å². The van der Waals surface area contributed by atoms with Gasteiger partial charge < -0.3 is 9.80 Å². The molecule has 0 N–H and O–H groups in total. The molecular formula is C62H52N2. The highest BCUT2D eigenvalue weighted by Gasteiger charge is 2.15. The van der Waals surface area contributed by atoms with Crippen LogP contribution in [0.1, 0.15) is 44.5 Å². The smallest absolute Gasteiger partial charge is 0.0464 e. The maximum atomic E-state index is 2.33. The van der Waals surface area contributed by atoms with Gasteiger partial charge in [0.2, 0.25) is 0 Å². The van der Waals surface area contributed by atoms with Gasteiger partial charge in [0.05, 0.1) is 0 Å². The first-order valence-corrected chi connectivity index (χ1v) is 22.1. The van der Waals surface area contributed by atoms with E-state index in [2.05, 4.69) is 280 Å². The second kappa shape index (κ2) is 19.0. The van der Waals surface area contributed by atoms with Crippen molar-refractivity contribution in [3.8, 4) is 22.3 Å². The zero-order valence-electron chi connectivity index (χ0n) is 37.0. The second-order valence-electron chi connectivity index (χ2n) is 16.7. The van der Waals surface area contributed by atoms with Crippen molar-refractivity contribution in [2.75, 3.05) is 9.80 Å². The highest BCUT2D eigenvalue weighted by molar-refractivity contribution is 5.83. The summed E-state index contributed by atoms with van der Waals surface area (Å²) in [7, 11) is 0. The highest BCUT2D eigenvalue weighted by atomic mass is 15.1. The maximum absolute atomic E-state index is 2.33. The molecule has 0 amide bonds. The fraction of sp³-hybridized carbons (Fsp3) is 0.0645. The first-order valence-electron chi connectivity index (χ1n) is 22.1. The van der Waals surface area contributed by atoms with Crippen LogP contribution in [0.3, 0.4) is 0 Å². The van der Waals surface area contributed by atoms with Gasteiger partial charge >= 0.3 is 0 Å². The van der Waals surface area contributed by atoms with Gasteiger partial charge in [0.1, 0.15) is 0 Å². The molecule has 0 fully saturated rings. The van der Waals surface area contributed by atoms with E-state index in [4.69, 9.17) is 0 Å². The normalized spacial score (nSPS) is 11.3. The van der Waals surface area contributed by atoms with E-state index in [-0.39, 0.29) is 0 Å². The van der Waals surface area contributed by atoms with E-state index < -0.39 is 0 Å². The summed E-state index contributed by atoms with van der Waals surface area (Å²) >= 11 is 0. The predicted octanol–water partition coefficient (Wildman–Crippen LogP) is 17.5. The molecule has 0 aliphatic heterocycles. The van der Waals surface area contributed by atoms with Gasteiger partial charge in [-0.2, -0.15) is 0 Å². The third-order valence-corrected chi connectivity index (χ3v) is 11.7. The van der Waals surface area contributed by atoms with E-state index >= 15 is 0 Å². The van der Waals surface area contributed by atoms with E-state index in [1.165, 1.54) is 44.5 Å². The molecule has 0 aliphatic rings. The van der Waals surface area contributed by atoms with Crippen LogP contribution in [0.5, 0.6) is 0 Å². The Balaban J connectivity index is 0.929. The lowest BCUT2D eigenvalue weighted by Crippen LogP contribution is -2.10. The summed E-state index contributed by atoms with van der Waals surface area (Å²) < 4.78 is 0. The molecule has 9 aromatic carbocycles. The molecule has 2 heteroatoms. The van der Waals surface area contributed by atoms with Crippen molar-refractivity contribution >= 4 is 58.4 Å². The Bertz CT molecular complexity index is 2850. The summed E-state index contributed by atoms with van der Waals surface area (Å²) in [5, 5.41) is 0. The molecule has 0 atom stereocenters. The van der Waals surface area contributed by atoms with Crippen LogP contribution in [0.2, 0.25) is 0 Å². The Morgan fingerprint density at radius 1 is 0.250 bits per heavy atom. The van der Waals surface area contributed by atoms with Gasteiger partial charge in [-0.1, -0.05) is 181 Å². The topological polar surface area (TPSA) is 6.48 Å². The zero-order chi connectivity index (χ0) is 43.8. The molecular weight excluding hydrogens is 773 g/mol. The molecule has 0 saturated heterocycles. The van der Waals surface area contributed by atoms with Crippen LogP contribution in [-0.2, 0) is 0 Å². The Hall–Kier alpha value is -7.94. The van der Waals surface area contributed by atoms with Crippen molar-refractivity contribution in [1.82, 2.24) is 0 Å². The minimum absolute atomic E-state index is 1.11. The molecule has 0 radical (unpaired) electrons. The third kappa shape index (κ3) is 9.73. The Morgan fingerprint density at radius 3 is 0.922 bits per heavy atom. The molecule has 310 valence electrons. The molecule has 64 heavy (non-hydrogen) atoms. The summed E-state index contributed by atoms with van der Waals surface area (Å²) in [5.74, 6) is 0. The Morgan fingerprint density at radius 2 is 0.578 bits per heavy atom. The number of hydrogen-bond acceptors (Lipinski definition) is 2. The van der Waals surface area contributed by atoms with Crippen molar-refractivity contribution in [3.05, 3.63) is 263 Å². The lowest BCUT2D eigenvalue weighted by atomic mass is 10.0. The molecule has 9 rings (SSSR count). The summed E-state index contributed by atoms with van der Waals surface area (Å²) in [6, 6.07) is 78.8.